The molecule has 0 aliphatic rings. The summed E-state index contributed by atoms with van der Waals surface area (Å²) in [6.07, 6.45) is 2.30. The van der Waals surface area contributed by atoms with Crippen LogP contribution in [-0.2, 0) is 6.54 Å². The standard InChI is InChI=1S/C12H18ClN/c1-2-5-10(8-13)12-7-4-3-6-11(12)9-14/h3-4,6-7,10H,2,5,8-9,14H2,1H3. The van der Waals surface area contributed by atoms with Crippen LogP contribution < -0.4 is 5.73 Å². The number of benzene rings is 1. The molecule has 0 bridgehead atoms. The molecule has 0 heterocycles. The molecule has 0 radical (unpaired) electrons. The van der Waals surface area contributed by atoms with Gasteiger partial charge in [-0.3, -0.25) is 0 Å². The molecule has 0 aliphatic heterocycles. The fourth-order valence-corrected chi connectivity index (χ4v) is 2.10. The number of rotatable bonds is 5. The van der Waals surface area contributed by atoms with Gasteiger partial charge in [-0.1, -0.05) is 37.6 Å². The first-order valence-corrected chi connectivity index (χ1v) is 5.70. The van der Waals surface area contributed by atoms with Gasteiger partial charge in [-0.05, 0) is 23.5 Å². The number of hydrogen-bond donors (Lipinski definition) is 1. The molecule has 0 aliphatic carbocycles. The van der Waals surface area contributed by atoms with Gasteiger partial charge < -0.3 is 5.73 Å². The Morgan fingerprint density at radius 1 is 1.36 bits per heavy atom. The molecule has 1 nitrogen and oxygen atoms in total. The highest BCUT2D eigenvalue weighted by Crippen LogP contribution is 2.25. The first kappa shape index (κ1) is 11.5. The van der Waals surface area contributed by atoms with Gasteiger partial charge in [-0.25, -0.2) is 0 Å². The summed E-state index contributed by atoms with van der Waals surface area (Å²) < 4.78 is 0. The molecule has 0 aromatic heterocycles. The van der Waals surface area contributed by atoms with E-state index in [4.69, 9.17) is 17.3 Å². The van der Waals surface area contributed by atoms with E-state index < -0.39 is 0 Å². The maximum absolute atomic E-state index is 5.97. The van der Waals surface area contributed by atoms with Crippen LogP contribution in [0.15, 0.2) is 24.3 Å². The molecule has 1 atom stereocenters. The van der Waals surface area contributed by atoms with E-state index in [1.54, 1.807) is 0 Å². The summed E-state index contributed by atoms with van der Waals surface area (Å²) in [5, 5.41) is 0. The lowest BCUT2D eigenvalue weighted by molar-refractivity contribution is 0.663. The zero-order valence-electron chi connectivity index (χ0n) is 8.67. The minimum absolute atomic E-state index is 0.460. The van der Waals surface area contributed by atoms with E-state index in [-0.39, 0.29) is 0 Å². The van der Waals surface area contributed by atoms with Gasteiger partial charge in [0.25, 0.3) is 0 Å². The SMILES string of the molecule is CCCC(CCl)c1ccccc1CN. The molecule has 0 amide bonds. The molecule has 1 aromatic rings. The van der Waals surface area contributed by atoms with Crippen LogP contribution in [0.5, 0.6) is 0 Å². The normalized spacial score (nSPS) is 12.8. The van der Waals surface area contributed by atoms with Gasteiger partial charge in [0.2, 0.25) is 0 Å². The Kier molecular flexibility index (Phi) is 4.99. The van der Waals surface area contributed by atoms with E-state index in [0.717, 1.165) is 12.8 Å². The molecule has 2 N–H and O–H groups in total. The molecule has 1 unspecified atom stereocenters. The molecule has 0 saturated carbocycles. The predicted molar refractivity (Wildman–Crippen MR) is 62.7 cm³/mol. The van der Waals surface area contributed by atoms with Crippen molar-refractivity contribution in [2.75, 3.05) is 5.88 Å². The van der Waals surface area contributed by atoms with Crippen molar-refractivity contribution < 1.29 is 0 Å². The van der Waals surface area contributed by atoms with Gasteiger partial charge >= 0.3 is 0 Å². The predicted octanol–water partition coefficient (Wildman–Crippen LogP) is 3.27. The Labute approximate surface area is 91.3 Å². The summed E-state index contributed by atoms with van der Waals surface area (Å²) >= 11 is 5.97. The second-order valence-electron chi connectivity index (χ2n) is 3.54. The Bertz CT molecular complexity index is 273. The quantitative estimate of drug-likeness (QED) is 0.744. The summed E-state index contributed by atoms with van der Waals surface area (Å²) in [7, 11) is 0. The average molecular weight is 212 g/mol. The molecule has 0 saturated heterocycles. The smallest absolute Gasteiger partial charge is 0.0292 e. The fraction of sp³-hybridized carbons (Fsp3) is 0.500. The highest BCUT2D eigenvalue weighted by Gasteiger charge is 2.11. The van der Waals surface area contributed by atoms with Gasteiger partial charge in [-0.15, -0.1) is 11.6 Å². The number of nitrogens with two attached hydrogens (primary N) is 1. The van der Waals surface area contributed by atoms with Crippen LogP contribution in [0.4, 0.5) is 0 Å². The molecule has 2 heteroatoms. The lowest BCUT2D eigenvalue weighted by Gasteiger charge is -2.16. The summed E-state index contributed by atoms with van der Waals surface area (Å²) in [5.74, 6) is 1.15. The first-order chi connectivity index (χ1) is 6.83. The highest BCUT2D eigenvalue weighted by atomic mass is 35.5. The minimum Gasteiger partial charge on any atom is -0.326 e. The van der Waals surface area contributed by atoms with Crippen LogP contribution in [0.3, 0.4) is 0 Å². The van der Waals surface area contributed by atoms with Gasteiger partial charge in [0.15, 0.2) is 0 Å². The third kappa shape index (κ3) is 2.73. The van der Waals surface area contributed by atoms with Crippen molar-refractivity contribution in [2.24, 2.45) is 5.73 Å². The van der Waals surface area contributed by atoms with Crippen LogP contribution in [0.2, 0.25) is 0 Å². The number of alkyl halides is 1. The number of halogens is 1. The van der Waals surface area contributed by atoms with Crippen molar-refractivity contribution in [3.05, 3.63) is 35.4 Å². The Morgan fingerprint density at radius 3 is 2.64 bits per heavy atom. The van der Waals surface area contributed by atoms with Crippen molar-refractivity contribution >= 4 is 11.6 Å². The molecule has 0 spiro atoms. The van der Waals surface area contributed by atoms with Gasteiger partial charge in [0.1, 0.15) is 0 Å². The number of hydrogen-bond acceptors (Lipinski definition) is 1. The zero-order chi connectivity index (χ0) is 10.4. The monoisotopic (exact) mass is 211 g/mol. The first-order valence-electron chi connectivity index (χ1n) is 5.17. The van der Waals surface area contributed by atoms with Crippen LogP contribution in [0.1, 0.15) is 36.8 Å². The van der Waals surface area contributed by atoms with Crippen molar-refractivity contribution in [3.63, 3.8) is 0 Å². The van der Waals surface area contributed by atoms with Crippen LogP contribution in [-0.4, -0.2) is 5.88 Å². The van der Waals surface area contributed by atoms with Gasteiger partial charge in [0.05, 0.1) is 0 Å². The third-order valence-corrected chi connectivity index (χ3v) is 2.91. The van der Waals surface area contributed by atoms with E-state index in [1.165, 1.54) is 11.1 Å². The topological polar surface area (TPSA) is 26.0 Å². The highest BCUT2D eigenvalue weighted by molar-refractivity contribution is 6.18. The molecule has 1 rings (SSSR count). The lowest BCUT2D eigenvalue weighted by atomic mass is 9.92. The van der Waals surface area contributed by atoms with E-state index >= 15 is 0 Å². The van der Waals surface area contributed by atoms with Crippen molar-refractivity contribution in [2.45, 2.75) is 32.2 Å². The van der Waals surface area contributed by atoms with Crippen LogP contribution in [0, 0.1) is 0 Å². The molecular formula is C12H18ClN. The average Bonchev–Trinajstić information content (AvgIpc) is 2.26. The molecule has 1 aromatic carbocycles. The molecular weight excluding hydrogens is 194 g/mol. The van der Waals surface area contributed by atoms with Gasteiger partial charge in [-0.2, -0.15) is 0 Å². The molecule has 0 fully saturated rings. The van der Waals surface area contributed by atoms with Crippen LogP contribution in [0.25, 0.3) is 0 Å². The summed E-state index contributed by atoms with van der Waals surface area (Å²) in [4.78, 5) is 0. The third-order valence-electron chi connectivity index (χ3n) is 2.54. The maximum Gasteiger partial charge on any atom is 0.0292 e. The lowest BCUT2D eigenvalue weighted by Crippen LogP contribution is -2.07. The minimum atomic E-state index is 0.460. The Morgan fingerprint density at radius 2 is 2.07 bits per heavy atom. The van der Waals surface area contributed by atoms with Crippen molar-refractivity contribution in [1.82, 2.24) is 0 Å². The van der Waals surface area contributed by atoms with Crippen LogP contribution >= 0.6 is 11.6 Å². The fourth-order valence-electron chi connectivity index (χ4n) is 1.78. The van der Waals surface area contributed by atoms with E-state index in [1.807, 2.05) is 6.07 Å². The van der Waals surface area contributed by atoms with Crippen molar-refractivity contribution in [1.29, 1.82) is 0 Å². The summed E-state index contributed by atoms with van der Waals surface area (Å²) in [6.45, 7) is 2.79. The van der Waals surface area contributed by atoms with E-state index in [9.17, 15) is 0 Å². The van der Waals surface area contributed by atoms with Crippen molar-refractivity contribution in [3.8, 4) is 0 Å². The second kappa shape index (κ2) is 6.05. The summed E-state index contributed by atoms with van der Waals surface area (Å²) in [6, 6.07) is 8.32. The zero-order valence-corrected chi connectivity index (χ0v) is 9.43. The Balaban J connectivity index is 2.90. The molecule has 14 heavy (non-hydrogen) atoms. The Hall–Kier alpha value is -0.530. The summed E-state index contributed by atoms with van der Waals surface area (Å²) in [5.41, 5.74) is 8.25. The van der Waals surface area contributed by atoms with E-state index in [0.29, 0.717) is 18.3 Å². The molecule has 78 valence electrons. The van der Waals surface area contributed by atoms with Gasteiger partial charge in [0, 0.05) is 12.4 Å². The maximum atomic E-state index is 5.97. The van der Waals surface area contributed by atoms with E-state index in [2.05, 4.69) is 25.1 Å². The largest absolute Gasteiger partial charge is 0.326 e. The second-order valence-corrected chi connectivity index (χ2v) is 3.85.